The molecule has 0 bridgehead atoms. The van der Waals surface area contributed by atoms with E-state index in [0.717, 1.165) is 13.1 Å². The minimum absolute atomic E-state index is 0.0765. The van der Waals surface area contributed by atoms with E-state index in [1.807, 2.05) is 0 Å². The minimum Gasteiger partial charge on any atom is -0.332 e. The van der Waals surface area contributed by atoms with Crippen molar-refractivity contribution in [3.05, 3.63) is 12.3 Å². The Morgan fingerprint density at radius 2 is 1.48 bits per heavy atom. The van der Waals surface area contributed by atoms with Gasteiger partial charge in [-0.2, -0.15) is 6.08 Å². The molecule has 1 amide bonds. The highest BCUT2D eigenvalue weighted by molar-refractivity contribution is 5.93. The predicted octanol–water partition coefficient (Wildman–Crippen LogP) is 0.216. The molecule has 0 N–H and O–H groups in total. The van der Waals surface area contributed by atoms with Crippen LogP contribution in [0.15, 0.2) is 6.20 Å². The maximum absolute atomic E-state index is 10.6. The van der Waals surface area contributed by atoms with Gasteiger partial charge in [0.15, 0.2) is 0 Å². The fourth-order valence-corrected chi connectivity index (χ4v) is 1.53. The Morgan fingerprint density at radius 1 is 0.905 bits per heavy atom. The Kier molecular flexibility index (Phi) is 5.47. The lowest BCUT2D eigenvalue weighted by atomic mass is 10.4. The Balaban J connectivity index is 1.69. The monoisotopic (exact) mass is 271 g/mol. The van der Waals surface area contributed by atoms with E-state index < -0.39 is 0 Å². The van der Waals surface area contributed by atoms with E-state index >= 15 is 0 Å². The molecule has 100 valence electrons. The first-order chi connectivity index (χ1) is 10.4. The molecule has 21 heavy (non-hydrogen) atoms. The van der Waals surface area contributed by atoms with Crippen molar-refractivity contribution in [2.75, 3.05) is 19.6 Å². The van der Waals surface area contributed by atoms with Gasteiger partial charge in [0, 0.05) is 36.9 Å². The molecule has 3 heteroatoms. The van der Waals surface area contributed by atoms with Crippen LogP contribution in [0, 0.1) is 65.4 Å². The quantitative estimate of drug-likeness (QED) is 0.387. The molecule has 0 aromatic heterocycles. The van der Waals surface area contributed by atoms with Gasteiger partial charge in [-0.25, -0.2) is 5.92 Å². The predicted molar refractivity (Wildman–Crippen MR) is 79.2 cm³/mol. The van der Waals surface area contributed by atoms with Gasteiger partial charge < -0.3 is 9.80 Å². The zero-order chi connectivity index (χ0) is 14.8. The van der Waals surface area contributed by atoms with E-state index in [0.29, 0.717) is 6.54 Å². The SMILES string of the molecule is O=C1CN1C=[C-]C#CC#CC#CC#CC#CN1CCCC1. The van der Waals surface area contributed by atoms with Crippen LogP contribution >= 0.6 is 0 Å². The van der Waals surface area contributed by atoms with Gasteiger partial charge in [0.05, 0.1) is 0 Å². The van der Waals surface area contributed by atoms with Crippen molar-refractivity contribution in [1.82, 2.24) is 9.80 Å². The van der Waals surface area contributed by atoms with Crippen molar-refractivity contribution in [2.45, 2.75) is 12.8 Å². The molecule has 0 saturated carbocycles. The summed E-state index contributed by atoms with van der Waals surface area (Å²) >= 11 is 0. The van der Waals surface area contributed by atoms with Crippen molar-refractivity contribution in [1.29, 1.82) is 0 Å². The molecule has 2 saturated heterocycles. The molecule has 0 unspecified atom stereocenters. The molecular weight excluding hydrogens is 260 g/mol. The largest absolute Gasteiger partial charge is 0.332 e. The zero-order valence-electron chi connectivity index (χ0n) is 11.4. The second kappa shape index (κ2) is 8.08. The molecule has 2 rings (SSSR count). The van der Waals surface area contributed by atoms with Crippen LogP contribution in [0.25, 0.3) is 0 Å². The molecule has 2 heterocycles. The third kappa shape index (κ3) is 5.99. The van der Waals surface area contributed by atoms with Gasteiger partial charge in [0.25, 0.3) is 0 Å². The standard InChI is InChI=1S/C18H11N2O/c21-18-17-20(18)16-10-8-6-4-2-1-3-5-7-9-13-19-14-11-12-15-19/h16H,11-12,14-15,17H2/q-1. The molecule has 0 aliphatic carbocycles. The normalized spacial score (nSPS) is 14.4. The number of carbonyl (C=O) groups is 1. The maximum Gasteiger partial charge on any atom is 0.245 e. The number of allylic oxidation sites excluding steroid dienone is 1. The van der Waals surface area contributed by atoms with Crippen LogP contribution in [0.4, 0.5) is 0 Å². The number of carbonyl (C=O) groups excluding carboxylic acids is 1. The lowest BCUT2D eigenvalue weighted by Crippen LogP contribution is -2.10. The Bertz CT molecular complexity index is 743. The van der Waals surface area contributed by atoms with E-state index in [4.69, 9.17) is 0 Å². The highest BCUT2D eigenvalue weighted by atomic mass is 16.2. The first-order valence-electron chi connectivity index (χ1n) is 6.50. The number of likely N-dealkylation sites (tertiary alicyclic amines) is 1. The fraction of sp³-hybridized carbons (Fsp3) is 0.278. The topological polar surface area (TPSA) is 23.3 Å². The molecular formula is C18H11N2O-. The number of nitrogens with zero attached hydrogens (tertiary/aromatic N) is 2. The molecule has 0 atom stereocenters. The highest BCUT2D eigenvalue weighted by Crippen LogP contribution is 2.05. The second-order valence-corrected chi connectivity index (χ2v) is 4.23. The summed E-state index contributed by atoms with van der Waals surface area (Å²) in [5.74, 6) is 23.5. The van der Waals surface area contributed by atoms with Crippen LogP contribution in [-0.2, 0) is 4.79 Å². The first kappa shape index (κ1) is 14.2. The summed E-state index contributed by atoms with van der Waals surface area (Å²) in [4.78, 5) is 14.2. The van der Waals surface area contributed by atoms with Gasteiger partial charge in [-0.3, -0.25) is 10.7 Å². The van der Waals surface area contributed by atoms with Crippen LogP contribution in [-0.4, -0.2) is 35.3 Å². The molecule has 0 aromatic rings. The lowest BCUT2D eigenvalue weighted by molar-refractivity contribution is -0.112. The van der Waals surface area contributed by atoms with Crippen LogP contribution < -0.4 is 0 Å². The van der Waals surface area contributed by atoms with Crippen molar-refractivity contribution >= 4 is 5.91 Å². The number of hydrogen-bond acceptors (Lipinski definition) is 2. The van der Waals surface area contributed by atoms with Crippen molar-refractivity contribution in [2.24, 2.45) is 0 Å². The maximum atomic E-state index is 10.6. The van der Waals surface area contributed by atoms with Crippen LogP contribution in [0.3, 0.4) is 0 Å². The van der Waals surface area contributed by atoms with Crippen molar-refractivity contribution in [3.63, 3.8) is 0 Å². The van der Waals surface area contributed by atoms with E-state index in [1.54, 1.807) is 0 Å². The minimum atomic E-state index is 0.0765. The smallest absolute Gasteiger partial charge is 0.245 e. The van der Waals surface area contributed by atoms with Gasteiger partial charge >= 0.3 is 0 Å². The van der Waals surface area contributed by atoms with E-state index in [-0.39, 0.29) is 5.91 Å². The van der Waals surface area contributed by atoms with Gasteiger partial charge in [0.2, 0.25) is 5.91 Å². The third-order valence-corrected chi connectivity index (χ3v) is 2.64. The molecule has 0 aromatic carbocycles. The van der Waals surface area contributed by atoms with Crippen LogP contribution in [0.1, 0.15) is 12.8 Å². The summed E-state index contributed by atoms with van der Waals surface area (Å²) in [5.41, 5.74) is 0. The van der Waals surface area contributed by atoms with Crippen LogP contribution in [0.5, 0.6) is 0 Å². The molecule has 2 aliphatic heterocycles. The van der Waals surface area contributed by atoms with Gasteiger partial charge in [-0.1, -0.05) is 6.20 Å². The average Bonchev–Trinajstić information content (AvgIpc) is 2.97. The summed E-state index contributed by atoms with van der Waals surface area (Å²) in [7, 11) is 0. The fourth-order valence-electron chi connectivity index (χ4n) is 1.53. The van der Waals surface area contributed by atoms with E-state index in [9.17, 15) is 4.79 Å². The van der Waals surface area contributed by atoms with Crippen LogP contribution in [0.2, 0.25) is 0 Å². The van der Waals surface area contributed by atoms with Crippen molar-refractivity contribution in [3.8, 4) is 59.3 Å². The lowest BCUT2D eigenvalue weighted by Gasteiger charge is -2.03. The summed E-state index contributed by atoms with van der Waals surface area (Å²) in [6.07, 6.45) is 6.56. The Morgan fingerprint density at radius 3 is 2.10 bits per heavy atom. The molecule has 2 fully saturated rings. The summed E-state index contributed by atoms with van der Waals surface area (Å²) in [5, 5.41) is 0. The Hall–Kier alpha value is -3.19. The van der Waals surface area contributed by atoms with Gasteiger partial charge in [0.1, 0.15) is 6.54 Å². The number of amides is 1. The third-order valence-electron chi connectivity index (χ3n) is 2.64. The summed E-state index contributed by atoms with van der Waals surface area (Å²) < 4.78 is 0. The summed E-state index contributed by atoms with van der Waals surface area (Å²) in [6, 6.07) is 2.97. The molecule has 0 spiro atoms. The van der Waals surface area contributed by atoms with E-state index in [2.05, 4.69) is 70.3 Å². The van der Waals surface area contributed by atoms with Crippen molar-refractivity contribution < 1.29 is 4.79 Å². The molecule has 2 aliphatic rings. The highest BCUT2D eigenvalue weighted by Gasteiger charge is 2.24. The number of rotatable bonds is 1. The molecule has 0 radical (unpaired) electrons. The first-order valence-corrected chi connectivity index (χ1v) is 6.50. The summed E-state index contributed by atoms with van der Waals surface area (Å²) in [6.45, 7) is 2.51. The molecule has 3 nitrogen and oxygen atoms in total. The average molecular weight is 271 g/mol. The zero-order valence-corrected chi connectivity index (χ0v) is 11.4. The second-order valence-electron chi connectivity index (χ2n) is 4.23. The van der Waals surface area contributed by atoms with Gasteiger partial charge in [-0.15, -0.1) is 5.92 Å². The Labute approximate surface area is 125 Å². The van der Waals surface area contributed by atoms with Gasteiger partial charge in [-0.05, 0) is 30.6 Å². The number of hydrogen-bond donors (Lipinski definition) is 0. The van der Waals surface area contributed by atoms with E-state index in [1.165, 1.54) is 23.9 Å².